The van der Waals surface area contributed by atoms with Crippen molar-refractivity contribution in [2.24, 2.45) is 0 Å². The van der Waals surface area contributed by atoms with Crippen molar-refractivity contribution in [1.82, 2.24) is 9.55 Å². The molecule has 0 atom stereocenters. The summed E-state index contributed by atoms with van der Waals surface area (Å²) in [4.78, 5) is 17.6. The topological polar surface area (TPSA) is 67.9 Å². The van der Waals surface area contributed by atoms with Crippen LogP contribution in [0.25, 0.3) is 22.3 Å². The number of pyridine rings is 1. The summed E-state index contributed by atoms with van der Waals surface area (Å²) in [5, 5.41) is 10.5. The van der Waals surface area contributed by atoms with Gasteiger partial charge in [-0.05, 0) is 54.6 Å². The van der Waals surface area contributed by atoms with Crippen LogP contribution in [0, 0.1) is 11.3 Å². The fourth-order valence-electron chi connectivity index (χ4n) is 3.29. The van der Waals surface area contributed by atoms with Crippen molar-refractivity contribution < 1.29 is 9.53 Å². The van der Waals surface area contributed by atoms with Gasteiger partial charge in [-0.1, -0.05) is 11.6 Å². The molecule has 0 aliphatic carbocycles. The zero-order valence-electron chi connectivity index (χ0n) is 13.8. The fourth-order valence-corrected chi connectivity index (χ4v) is 3.41. The molecule has 4 aromatic rings. The average molecular weight is 372 g/mol. The van der Waals surface area contributed by atoms with E-state index in [1.807, 2.05) is 6.07 Å². The Morgan fingerprint density at radius 3 is 2.70 bits per heavy atom. The third-order valence-corrected chi connectivity index (χ3v) is 4.78. The summed E-state index contributed by atoms with van der Waals surface area (Å²) in [6.45, 7) is 0. The highest BCUT2D eigenvalue weighted by Crippen LogP contribution is 2.42. The number of halogens is 1. The highest BCUT2D eigenvalue weighted by molar-refractivity contribution is 6.30. The van der Waals surface area contributed by atoms with E-state index in [2.05, 4.69) is 11.1 Å². The summed E-state index contributed by atoms with van der Waals surface area (Å²) in [6.07, 6.45) is 1.71. The summed E-state index contributed by atoms with van der Waals surface area (Å²) in [6, 6.07) is 17.8. The number of ether oxygens (including phenoxy) is 1. The van der Waals surface area contributed by atoms with Crippen molar-refractivity contribution >= 4 is 28.4 Å². The third-order valence-electron chi connectivity index (χ3n) is 4.52. The lowest BCUT2D eigenvalue weighted by Crippen LogP contribution is -2.06. The first-order valence-electron chi connectivity index (χ1n) is 8.19. The van der Waals surface area contributed by atoms with Crippen molar-refractivity contribution in [3.63, 3.8) is 0 Å². The van der Waals surface area contributed by atoms with Crippen molar-refractivity contribution in [2.75, 3.05) is 0 Å². The summed E-state index contributed by atoms with van der Waals surface area (Å²) in [5.41, 5.74) is 2.81. The van der Waals surface area contributed by atoms with Crippen LogP contribution in [0.15, 0.2) is 60.8 Å². The second-order valence-corrected chi connectivity index (χ2v) is 6.57. The molecule has 27 heavy (non-hydrogen) atoms. The predicted molar refractivity (Wildman–Crippen MR) is 101 cm³/mol. The Kier molecular flexibility index (Phi) is 3.30. The molecule has 0 saturated heterocycles. The molecule has 0 N–H and O–H groups in total. The van der Waals surface area contributed by atoms with E-state index < -0.39 is 0 Å². The number of carbonyl (C=O) groups excluding carboxylic acids is 1. The maximum Gasteiger partial charge on any atom is 0.268 e. The van der Waals surface area contributed by atoms with Gasteiger partial charge in [0.2, 0.25) is 0 Å². The minimum atomic E-state index is -0.203. The van der Waals surface area contributed by atoms with E-state index >= 15 is 0 Å². The van der Waals surface area contributed by atoms with Crippen LogP contribution in [-0.2, 0) is 0 Å². The molecule has 3 heterocycles. The zero-order chi connectivity index (χ0) is 18.5. The molecule has 2 aromatic carbocycles. The summed E-state index contributed by atoms with van der Waals surface area (Å²) >= 11 is 5.95. The van der Waals surface area contributed by atoms with E-state index in [1.54, 1.807) is 59.3 Å². The Morgan fingerprint density at radius 2 is 1.93 bits per heavy atom. The number of nitrogens with zero attached hydrogens (tertiary/aromatic N) is 3. The SMILES string of the molecule is N#Cc1ccc2nc3c(c(Oc4ccc(Cl)cc4)c2c1)C(=O)n1cccc1-3. The van der Waals surface area contributed by atoms with Gasteiger partial charge in [-0.3, -0.25) is 9.36 Å². The summed E-state index contributed by atoms with van der Waals surface area (Å²) in [7, 11) is 0. The van der Waals surface area contributed by atoms with E-state index in [0.29, 0.717) is 44.2 Å². The van der Waals surface area contributed by atoms with Crippen molar-refractivity contribution in [3.05, 3.63) is 76.9 Å². The minimum Gasteiger partial charge on any atom is -0.456 e. The maximum absolute atomic E-state index is 13.0. The molecule has 0 saturated carbocycles. The number of rotatable bonds is 2. The fraction of sp³-hybridized carbons (Fsp3) is 0. The Morgan fingerprint density at radius 1 is 1.11 bits per heavy atom. The largest absolute Gasteiger partial charge is 0.456 e. The third kappa shape index (κ3) is 2.31. The smallest absolute Gasteiger partial charge is 0.268 e. The standard InChI is InChI=1S/C21H10ClN3O2/c22-13-4-6-14(7-5-13)27-20-15-10-12(11-23)3-8-16(15)24-19-17-2-1-9-25(17)21(26)18(19)20/h1-10H. The second kappa shape index (κ2) is 5.70. The molecule has 0 spiro atoms. The molecule has 5 nitrogen and oxygen atoms in total. The first-order chi connectivity index (χ1) is 13.2. The van der Waals surface area contributed by atoms with E-state index in [1.165, 1.54) is 0 Å². The molecule has 128 valence electrons. The van der Waals surface area contributed by atoms with Crippen LogP contribution in [0.4, 0.5) is 0 Å². The highest BCUT2D eigenvalue weighted by Gasteiger charge is 2.33. The quantitative estimate of drug-likeness (QED) is 0.437. The molecule has 2 aromatic heterocycles. The monoisotopic (exact) mass is 371 g/mol. The zero-order valence-corrected chi connectivity index (χ0v) is 14.6. The van der Waals surface area contributed by atoms with Gasteiger partial charge in [-0.2, -0.15) is 5.26 Å². The lowest BCUT2D eigenvalue weighted by molar-refractivity contribution is 0.0967. The van der Waals surface area contributed by atoms with Crippen LogP contribution < -0.4 is 4.74 Å². The van der Waals surface area contributed by atoms with Crippen molar-refractivity contribution in [3.8, 4) is 29.0 Å². The Hall–Kier alpha value is -3.62. The summed E-state index contributed by atoms with van der Waals surface area (Å²) < 4.78 is 7.67. The van der Waals surface area contributed by atoms with Crippen molar-refractivity contribution in [1.29, 1.82) is 5.26 Å². The molecular formula is C21H10ClN3O2. The number of fused-ring (bicyclic) bond motifs is 4. The van der Waals surface area contributed by atoms with E-state index in [4.69, 9.17) is 16.3 Å². The summed E-state index contributed by atoms with van der Waals surface area (Å²) in [5.74, 6) is 0.731. The number of benzene rings is 2. The van der Waals surface area contributed by atoms with Crippen LogP contribution in [0.1, 0.15) is 15.9 Å². The van der Waals surface area contributed by atoms with Gasteiger partial charge in [-0.25, -0.2) is 4.98 Å². The maximum atomic E-state index is 13.0. The first kappa shape index (κ1) is 15.6. The van der Waals surface area contributed by atoms with Gasteiger partial charge in [0.1, 0.15) is 17.0 Å². The number of hydrogen-bond acceptors (Lipinski definition) is 4. The number of hydrogen-bond donors (Lipinski definition) is 0. The van der Waals surface area contributed by atoms with Crippen molar-refractivity contribution in [2.45, 2.75) is 0 Å². The van der Waals surface area contributed by atoms with Gasteiger partial charge < -0.3 is 4.74 Å². The van der Waals surface area contributed by atoms with Crippen LogP contribution in [-0.4, -0.2) is 15.5 Å². The van der Waals surface area contributed by atoms with E-state index in [-0.39, 0.29) is 5.91 Å². The molecule has 6 heteroatoms. The van der Waals surface area contributed by atoms with Crippen LogP contribution in [0.3, 0.4) is 0 Å². The van der Waals surface area contributed by atoms with Gasteiger partial charge in [0.15, 0.2) is 5.75 Å². The minimum absolute atomic E-state index is 0.203. The molecule has 5 rings (SSSR count). The number of aromatic nitrogens is 2. The van der Waals surface area contributed by atoms with Gasteiger partial charge in [0.25, 0.3) is 5.91 Å². The lowest BCUT2D eigenvalue weighted by Gasteiger charge is -2.13. The molecule has 1 aliphatic heterocycles. The number of nitriles is 1. The average Bonchev–Trinajstić information content (AvgIpc) is 3.26. The van der Waals surface area contributed by atoms with Crippen LogP contribution in [0.5, 0.6) is 11.5 Å². The van der Waals surface area contributed by atoms with Gasteiger partial charge in [-0.15, -0.1) is 0 Å². The van der Waals surface area contributed by atoms with Crippen LogP contribution in [0.2, 0.25) is 5.02 Å². The first-order valence-corrected chi connectivity index (χ1v) is 8.57. The highest BCUT2D eigenvalue weighted by atomic mass is 35.5. The second-order valence-electron chi connectivity index (χ2n) is 6.13. The van der Waals surface area contributed by atoms with Gasteiger partial charge >= 0.3 is 0 Å². The molecule has 0 fully saturated rings. The van der Waals surface area contributed by atoms with E-state index in [9.17, 15) is 10.1 Å². The lowest BCUT2D eigenvalue weighted by atomic mass is 10.0. The molecule has 0 amide bonds. The van der Waals surface area contributed by atoms with Gasteiger partial charge in [0, 0.05) is 16.6 Å². The molecule has 0 bridgehead atoms. The van der Waals surface area contributed by atoms with Gasteiger partial charge in [0.05, 0.1) is 22.8 Å². The predicted octanol–water partition coefficient (Wildman–Crippen LogP) is 5.02. The molecule has 0 unspecified atom stereocenters. The molecular weight excluding hydrogens is 362 g/mol. The Labute approximate surface area is 159 Å². The Balaban J connectivity index is 1.81. The Bertz CT molecular complexity index is 1280. The van der Waals surface area contributed by atoms with E-state index in [0.717, 1.165) is 5.69 Å². The molecule has 0 radical (unpaired) electrons. The number of carbonyl (C=O) groups is 1. The normalized spacial score (nSPS) is 11.9. The molecule has 1 aliphatic rings. The van der Waals surface area contributed by atoms with Crippen LogP contribution >= 0.6 is 11.6 Å².